The first kappa shape index (κ1) is 31.0. The van der Waals surface area contributed by atoms with Gasteiger partial charge in [-0.3, -0.25) is 19.2 Å². The van der Waals surface area contributed by atoms with Gasteiger partial charge in [0.2, 0.25) is 5.91 Å². The molecule has 0 radical (unpaired) electrons. The Balaban J connectivity index is 1.92. The fourth-order valence-electron chi connectivity index (χ4n) is 5.57. The largest absolute Gasteiger partial charge is 0.481 e. The second-order valence-corrected chi connectivity index (χ2v) is 10.7. The van der Waals surface area contributed by atoms with Crippen LogP contribution in [-0.2, 0) is 32.0 Å². The molecule has 0 aliphatic carbocycles. The molecule has 224 valence electrons. The summed E-state index contributed by atoms with van der Waals surface area (Å²) < 4.78 is 0. The number of aliphatic carboxylic acids is 2. The van der Waals surface area contributed by atoms with Crippen LogP contribution in [0.2, 0.25) is 0 Å². The summed E-state index contributed by atoms with van der Waals surface area (Å²) in [7, 11) is 0. The maximum atomic E-state index is 12.3. The van der Waals surface area contributed by atoms with Crippen molar-refractivity contribution in [3.8, 4) is 0 Å². The second-order valence-electron chi connectivity index (χ2n) is 10.7. The molecule has 0 spiro atoms. The average Bonchev–Trinajstić information content (AvgIpc) is 3.59. The summed E-state index contributed by atoms with van der Waals surface area (Å²) in [4.78, 5) is 58.5. The lowest BCUT2D eigenvalue weighted by Gasteiger charge is -2.03. The number of aromatic nitrogens is 2. The summed E-state index contributed by atoms with van der Waals surface area (Å²) in [5.74, 6) is -2.56. The monoisotopic (exact) mass is 584 g/mol. The lowest BCUT2D eigenvalue weighted by Crippen LogP contribution is -2.16. The summed E-state index contributed by atoms with van der Waals surface area (Å²) >= 11 is 0. The van der Waals surface area contributed by atoms with E-state index in [1.165, 1.54) is 0 Å². The van der Waals surface area contributed by atoms with Crippen molar-refractivity contribution in [2.75, 3.05) is 0 Å². The number of amides is 2. The molecular weight excluding hydrogens is 548 g/mol. The van der Waals surface area contributed by atoms with Crippen molar-refractivity contribution in [2.45, 2.75) is 60.3 Å². The van der Waals surface area contributed by atoms with Crippen LogP contribution in [0.25, 0.3) is 18.2 Å². The summed E-state index contributed by atoms with van der Waals surface area (Å²) in [6, 6.07) is 0. The van der Waals surface area contributed by atoms with E-state index in [1.54, 1.807) is 19.1 Å². The van der Waals surface area contributed by atoms with Crippen molar-refractivity contribution in [1.82, 2.24) is 15.3 Å². The number of allylic oxidation sites excluding steroid dienone is 4. The van der Waals surface area contributed by atoms with Gasteiger partial charge < -0.3 is 25.5 Å². The molecule has 5 N–H and O–H groups in total. The minimum absolute atomic E-state index is 0.0814. The van der Waals surface area contributed by atoms with Gasteiger partial charge in [0, 0.05) is 51.8 Å². The Morgan fingerprint density at radius 2 is 1.56 bits per heavy atom. The Labute approximate surface area is 249 Å². The van der Waals surface area contributed by atoms with Gasteiger partial charge in [-0.1, -0.05) is 18.7 Å². The molecule has 0 aromatic carbocycles. The predicted octanol–water partition coefficient (Wildman–Crippen LogP) is 3.14. The molecule has 2 aromatic rings. The third kappa shape index (κ3) is 6.28. The maximum Gasteiger partial charge on any atom is 0.303 e. The molecule has 2 aromatic heterocycles. The number of H-pyrrole nitrogens is 2. The van der Waals surface area contributed by atoms with Crippen molar-refractivity contribution in [2.24, 2.45) is 10.9 Å². The molecule has 1 atom stereocenters. The van der Waals surface area contributed by atoms with Crippen LogP contribution in [0.5, 0.6) is 0 Å². The van der Waals surface area contributed by atoms with Crippen LogP contribution < -0.4 is 16.0 Å². The summed E-state index contributed by atoms with van der Waals surface area (Å²) in [6.45, 7) is 13.0. The lowest BCUT2D eigenvalue weighted by molar-refractivity contribution is -0.138. The third-order valence-electron chi connectivity index (χ3n) is 8.10. The quantitative estimate of drug-likeness (QED) is 0.288. The van der Waals surface area contributed by atoms with E-state index in [2.05, 4.69) is 26.9 Å². The zero-order chi connectivity index (χ0) is 31.6. The standard InChI is InChI=1S/C33H36N4O6/c1-7-20-18(5)32(42)36-26(20)13-24-16(3)22(9-11-30(38)39)28(34-24)15-29-23(10-12-31(40)41)17(4)25(35-29)14-27-21(8-2)19(6)33(43)37-27/h7-8,13-15,19,34-35H,1,9-12H2,2-6H3,(H,37,43)(H,38,39)(H,40,41)/b21-8+,24-13+,27-14-,28-15-/t19-/m1/s1. The Morgan fingerprint density at radius 3 is 2.16 bits per heavy atom. The van der Waals surface area contributed by atoms with Crippen LogP contribution in [0.3, 0.4) is 0 Å². The van der Waals surface area contributed by atoms with Gasteiger partial charge in [-0.2, -0.15) is 0 Å². The van der Waals surface area contributed by atoms with Crippen LogP contribution in [-0.4, -0.2) is 49.6 Å². The molecule has 43 heavy (non-hydrogen) atoms. The molecule has 0 unspecified atom stereocenters. The summed E-state index contributed by atoms with van der Waals surface area (Å²) in [6.07, 6.45) is 9.31. The van der Waals surface area contributed by atoms with Crippen molar-refractivity contribution in [3.63, 3.8) is 0 Å². The van der Waals surface area contributed by atoms with E-state index >= 15 is 0 Å². The van der Waals surface area contributed by atoms with Gasteiger partial charge in [0.05, 0.1) is 11.6 Å². The molecule has 2 amide bonds. The molecule has 1 saturated heterocycles. The number of hydrogen-bond donors (Lipinski definition) is 5. The molecule has 4 heterocycles. The van der Waals surface area contributed by atoms with Gasteiger partial charge in [-0.15, -0.1) is 0 Å². The van der Waals surface area contributed by atoms with Crippen LogP contribution in [0.1, 0.15) is 67.3 Å². The van der Waals surface area contributed by atoms with E-state index < -0.39 is 11.9 Å². The van der Waals surface area contributed by atoms with E-state index in [9.17, 15) is 29.4 Å². The normalized spacial score (nSPS) is 19.7. The van der Waals surface area contributed by atoms with E-state index in [4.69, 9.17) is 0 Å². The average molecular weight is 585 g/mol. The predicted molar refractivity (Wildman–Crippen MR) is 165 cm³/mol. The minimum atomic E-state index is -0.935. The topological polar surface area (TPSA) is 165 Å². The van der Waals surface area contributed by atoms with E-state index in [-0.39, 0.29) is 43.4 Å². The Hall–Kier alpha value is -4.99. The summed E-state index contributed by atoms with van der Waals surface area (Å²) in [5.41, 5.74) is 7.82. The molecule has 10 nitrogen and oxygen atoms in total. The number of nitrogens with one attached hydrogen (secondary N) is 3. The van der Waals surface area contributed by atoms with Crippen molar-refractivity contribution >= 4 is 47.7 Å². The minimum Gasteiger partial charge on any atom is -0.481 e. The molecule has 1 fully saturated rings. The lowest BCUT2D eigenvalue weighted by atomic mass is 10.00. The smallest absolute Gasteiger partial charge is 0.303 e. The Kier molecular flexibility index (Phi) is 8.99. The number of rotatable bonds is 10. The molecule has 10 heteroatoms. The van der Waals surface area contributed by atoms with Gasteiger partial charge in [-0.05, 0) is 93.5 Å². The van der Waals surface area contributed by atoms with Gasteiger partial charge in [0.25, 0.3) is 5.91 Å². The van der Waals surface area contributed by atoms with Gasteiger partial charge >= 0.3 is 11.9 Å². The number of carboxylic acids is 2. The number of carboxylic acid groups (broad SMARTS) is 2. The van der Waals surface area contributed by atoms with Gasteiger partial charge in [0.1, 0.15) is 0 Å². The van der Waals surface area contributed by atoms with Crippen LogP contribution in [0, 0.1) is 19.8 Å². The zero-order valence-corrected chi connectivity index (χ0v) is 25.0. The first-order valence-corrected chi connectivity index (χ1v) is 14.1. The highest BCUT2D eigenvalue weighted by atomic mass is 16.4. The number of aromatic amines is 2. The van der Waals surface area contributed by atoms with Crippen LogP contribution in [0.15, 0.2) is 46.1 Å². The van der Waals surface area contributed by atoms with Crippen molar-refractivity contribution in [3.05, 3.63) is 85.5 Å². The molecule has 2 aliphatic heterocycles. The van der Waals surface area contributed by atoms with Crippen LogP contribution >= 0.6 is 0 Å². The van der Waals surface area contributed by atoms with E-state index in [0.717, 1.165) is 33.5 Å². The number of carbonyl (C=O) groups is 4. The maximum absolute atomic E-state index is 12.3. The molecule has 0 bridgehead atoms. The number of hydrogen-bond acceptors (Lipinski definition) is 4. The molecule has 4 rings (SSSR count). The highest BCUT2D eigenvalue weighted by molar-refractivity contribution is 6.32. The fraction of sp³-hybridized carbons (Fsp3) is 0.303. The Morgan fingerprint density at radius 1 is 0.907 bits per heavy atom. The first-order valence-electron chi connectivity index (χ1n) is 14.1. The van der Waals surface area contributed by atoms with E-state index in [0.29, 0.717) is 38.9 Å². The highest BCUT2D eigenvalue weighted by Crippen LogP contribution is 2.29. The molecule has 0 saturated carbocycles. The molecular formula is C33H36N4O6. The number of nitrogens with zero attached hydrogens (tertiary/aromatic N) is 1. The highest BCUT2D eigenvalue weighted by Gasteiger charge is 2.29. The molecule has 2 aliphatic rings. The van der Waals surface area contributed by atoms with Gasteiger partial charge in [0.15, 0.2) is 0 Å². The zero-order valence-electron chi connectivity index (χ0n) is 25.0. The van der Waals surface area contributed by atoms with Crippen molar-refractivity contribution < 1.29 is 29.4 Å². The Bertz CT molecular complexity index is 1810. The SMILES string of the molecule is C=CC1=C(C)C(=O)N=C1/C=c1/[nH]/c(=C\c2[nH]c(/C=C3\NC(=O)[C@H](C)\C3=C/C)c(C)c2CCC(=O)O)c(CCC(=O)O)c1C. The van der Waals surface area contributed by atoms with Crippen molar-refractivity contribution in [1.29, 1.82) is 0 Å². The van der Waals surface area contributed by atoms with Crippen LogP contribution in [0.4, 0.5) is 0 Å². The number of aliphatic imine (C=N–C) groups is 1. The van der Waals surface area contributed by atoms with Gasteiger partial charge in [-0.25, -0.2) is 4.99 Å². The third-order valence-corrected chi connectivity index (χ3v) is 8.10. The number of carbonyl (C=O) groups excluding carboxylic acids is 2. The first-order chi connectivity index (χ1) is 20.4. The summed E-state index contributed by atoms with van der Waals surface area (Å²) in [5, 5.41) is 23.1. The fourth-order valence-corrected chi connectivity index (χ4v) is 5.57. The second kappa shape index (κ2) is 12.5. The van der Waals surface area contributed by atoms with E-state index in [1.807, 2.05) is 45.9 Å².